The van der Waals surface area contributed by atoms with Crippen LogP contribution in [0.25, 0.3) is 0 Å². The first-order valence-corrected chi connectivity index (χ1v) is 8.68. The second-order valence-electron chi connectivity index (χ2n) is 4.68. The average Bonchev–Trinajstić information content (AvgIpc) is 2.24. The van der Waals surface area contributed by atoms with Crippen LogP contribution in [0.2, 0.25) is 5.02 Å². The second-order valence-corrected chi connectivity index (χ2v) is 7.60. The van der Waals surface area contributed by atoms with Crippen molar-refractivity contribution < 1.29 is 8.42 Å². The first kappa shape index (κ1) is 13.4. The minimum atomic E-state index is -3.28. The van der Waals surface area contributed by atoms with Gasteiger partial charge in [-0.1, -0.05) is 46.1 Å². The highest BCUT2D eigenvalue weighted by molar-refractivity contribution is 9.09. The molecule has 1 saturated carbocycles. The van der Waals surface area contributed by atoms with Gasteiger partial charge in [-0.2, -0.15) is 0 Å². The van der Waals surface area contributed by atoms with Crippen molar-refractivity contribution in [1.29, 1.82) is 0 Å². The van der Waals surface area contributed by atoms with Crippen LogP contribution in [0.3, 0.4) is 0 Å². The van der Waals surface area contributed by atoms with E-state index in [-0.39, 0.29) is 16.1 Å². The Kier molecular flexibility index (Phi) is 3.86. The minimum absolute atomic E-state index is 0.0853. The summed E-state index contributed by atoms with van der Waals surface area (Å²) in [6, 6.07) is 6.65. The fourth-order valence-corrected chi connectivity index (χ4v) is 5.68. The Labute approximate surface area is 115 Å². The average molecular weight is 338 g/mol. The van der Waals surface area contributed by atoms with E-state index in [4.69, 9.17) is 11.6 Å². The summed E-state index contributed by atoms with van der Waals surface area (Å²) in [6.45, 7) is 0. The molecule has 5 heteroatoms. The Morgan fingerprint density at radius 1 is 1.29 bits per heavy atom. The zero-order chi connectivity index (χ0) is 12.5. The number of halogens is 2. The van der Waals surface area contributed by atoms with Crippen LogP contribution >= 0.6 is 27.5 Å². The third-order valence-electron chi connectivity index (χ3n) is 3.37. The van der Waals surface area contributed by atoms with Crippen LogP contribution in [0, 0.1) is 5.41 Å². The van der Waals surface area contributed by atoms with Gasteiger partial charge in [0.2, 0.25) is 0 Å². The molecule has 1 aliphatic carbocycles. The molecule has 94 valence electrons. The topological polar surface area (TPSA) is 34.1 Å². The van der Waals surface area contributed by atoms with E-state index in [0.717, 1.165) is 24.6 Å². The Morgan fingerprint density at radius 3 is 2.41 bits per heavy atom. The summed E-state index contributed by atoms with van der Waals surface area (Å²) in [5.41, 5.74) is -0.0853. The van der Waals surface area contributed by atoms with Gasteiger partial charge in [0.15, 0.2) is 9.84 Å². The molecule has 17 heavy (non-hydrogen) atoms. The first-order chi connectivity index (χ1) is 7.99. The van der Waals surface area contributed by atoms with Gasteiger partial charge >= 0.3 is 0 Å². The summed E-state index contributed by atoms with van der Waals surface area (Å²) in [7, 11) is -3.28. The van der Waals surface area contributed by atoms with E-state index in [1.165, 1.54) is 0 Å². The van der Waals surface area contributed by atoms with E-state index in [1.807, 2.05) is 0 Å². The molecule has 1 aromatic rings. The maximum Gasteiger partial charge on any atom is 0.180 e. The summed E-state index contributed by atoms with van der Waals surface area (Å²) >= 11 is 9.38. The summed E-state index contributed by atoms with van der Waals surface area (Å²) in [6.07, 6.45) is 3.06. The van der Waals surface area contributed by atoms with E-state index in [2.05, 4.69) is 15.9 Å². The van der Waals surface area contributed by atoms with E-state index >= 15 is 0 Å². The normalized spacial score (nSPS) is 18.7. The molecule has 0 spiro atoms. The molecule has 1 aromatic carbocycles. The maximum atomic E-state index is 12.3. The smallest absolute Gasteiger partial charge is 0.180 e. The van der Waals surface area contributed by atoms with Gasteiger partial charge in [-0.15, -0.1) is 0 Å². The largest absolute Gasteiger partial charge is 0.224 e. The summed E-state index contributed by atoms with van der Waals surface area (Å²) in [4.78, 5) is 0.258. The van der Waals surface area contributed by atoms with Crippen molar-refractivity contribution in [2.45, 2.75) is 24.2 Å². The van der Waals surface area contributed by atoms with Crippen LogP contribution in [-0.2, 0) is 9.84 Å². The van der Waals surface area contributed by atoms with Gasteiger partial charge in [-0.25, -0.2) is 8.42 Å². The molecule has 0 bridgehead atoms. The SMILES string of the molecule is O=S(=O)(CC1(CBr)CCC1)c1ccccc1Cl. The Hall–Kier alpha value is -0.0600. The molecule has 0 atom stereocenters. The molecule has 0 amide bonds. The van der Waals surface area contributed by atoms with Gasteiger partial charge in [0.1, 0.15) is 0 Å². The van der Waals surface area contributed by atoms with Crippen molar-refractivity contribution in [3.8, 4) is 0 Å². The second kappa shape index (κ2) is 4.90. The lowest BCUT2D eigenvalue weighted by atomic mass is 9.72. The minimum Gasteiger partial charge on any atom is -0.224 e. The number of sulfone groups is 1. The predicted octanol–water partition coefficient (Wildman–Crippen LogP) is 3.68. The lowest BCUT2D eigenvalue weighted by molar-refractivity contribution is 0.203. The van der Waals surface area contributed by atoms with Crippen molar-refractivity contribution in [3.05, 3.63) is 29.3 Å². The van der Waals surface area contributed by atoms with E-state index in [9.17, 15) is 8.42 Å². The van der Waals surface area contributed by atoms with Crippen LogP contribution in [-0.4, -0.2) is 19.5 Å². The molecule has 0 radical (unpaired) electrons. The Balaban J connectivity index is 2.29. The summed E-state index contributed by atoms with van der Waals surface area (Å²) in [5.74, 6) is 0.189. The third kappa shape index (κ3) is 2.69. The summed E-state index contributed by atoms with van der Waals surface area (Å²) < 4.78 is 24.6. The molecule has 0 aromatic heterocycles. The number of hydrogen-bond donors (Lipinski definition) is 0. The Bertz CT molecular complexity index is 503. The van der Waals surface area contributed by atoms with Gasteiger partial charge in [-0.3, -0.25) is 0 Å². The molecule has 1 aliphatic rings. The molecule has 2 rings (SSSR count). The Morgan fingerprint density at radius 2 is 1.94 bits per heavy atom. The fourth-order valence-electron chi connectivity index (χ4n) is 2.17. The highest BCUT2D eigenvalue weighted by atomic mass is 79.9. The van der Waals surface area contributed by atoms with Crippen LogP contribution in [0.1, 0.15) is 19.3 Å². The molecule has 2 nitrogen and oxygen atoms in total. The lowest BCUT2D eigenvalue weighted by Gasteiger charge is -2.40. The van der Waals surface area contributed by atoms with Gasteiger partial charge in [-0.05, 0) is 30.4 Å². The zero-order valence-electron chi connectivity index (χ0n) is 9.33. The number of alkyl halides is 1. The highest BCUT2D eigenvalue weighted by Gasteiger charge is 2.40. The highest BCUT2D eigenvalue weighted by Crippen LogP contribution is 2.44. The number of hydrogen-bond acceptors (Lipinski definition) is 2. The molecular formula is C12H14BrClO2S. The van der Waals surface area contributed by atoms with Crippen molar-refractivity contribution in [2.75, 3.05) is 11.1 Å². The van der Waals surface area contributed by atoms with Crippen molar-refractivity contribution in [1.82, 2.24) is 0 Å². The fraction of sp³-hybridized carbons (Fsp3) is 0.500. The third-order valence-corrected chi connectivity index (χ3v) is 7.02. The lowest BCUT2D eigenvalue weighted by Crippen LogP contribution is -2.38. The summed E-state index contributed by atoms with van der Waals surface area (Å²) in [5, 5.41) is 1.06. The van der Waals surface area contributed by atoms with Crippen LogP contribution in [0.4, 0.5) is 0 Å². The van der Waals surface area contributed by atoms with Crippen molar-refractivity contribution >= 4 is 37.4 Å². The van der Waals surface area contributed by atoms with E-state index in [0.29, 0.717) is 5.02 Å². The van der Waals surface area contributed by atoms with Gasteiger partial charge in [0.25, 0.3) is 0 Å². The maximum absolute atomic E-state index is 12.3. The molecule has 0 N–H and O–H groups in total. The molecule has 0 heterocycles. The van der Waals surface area contributed by atoms with Crippen LogP contribution in [0.5, 0.6) is 0 Å². The van der Waals surface area contributed by atoms with E-state index in [1.54, 1.807) is 24.3 Å². The quantitative estimate of drug-likeness (QED) is 0.785. The molecular weight excluding hydrogens is 324 g/mol. The number of benzene rings is 1. The van der Waals surface area contributed by atoms with Crippen LogP contribution in [0.15, 0.2) is 29.2 Å². The standard InChI is InChI=1S/C12H14BrClO2S/c13-8-12(6-3-7-12)9-17(15,16)11-5-2-1-4-10(11)14/h1-2,4-5H,3,6-9H2. The monoisotopic (exact) mass is 336 g/mol. The van der Waals surface area contributed by atoms with E-state index < -0.39 is 9.84 Å². The molecule has 1 fully saturated rings. The molecule has 0 unspecified atom stereocenters. The van der Waals surface area contributed by atoms with Gasteiger partial charge in [0.05, 0.1) is 15.7 Å². The zero-order valence-corrected chi connectivity index (χ0v) is 12.5. The molecule has 0 saturated heterocycles. The number of rotatable bonds is 4. The van der Waals surface area contributed by atoms with Gasteiger partial charge < -0.3 is 0 Å². The van der Waals surface area contributed by atoms with Gasteiger partial charge in [0, 0.05) is 5.33 Å². The van der Waals surface area contributed by atoms with Crippen molar-refractivity contribution in [2.24, 2.45) is 5.41 Å². The van der Waals surface area contributed by atoms with Crippen molar-refractivity contribution in [3.63, 3.8) is 0 Å². The predicted molar refractivity (Wildman–Crippen MR) is 73.6 cm³/mol. The van der Waals surface area contributed by atoms with Crippen LogP contribution < -0.4 is 0 Å². The first-order valence-electron chi connectivity index (χ1n) is 5.52. The molecule has 0 aliphatic heterocycles.